The van der Waals surface area contributed by atoms with Gasteiger partial charge in [0.05, 0.1) is 5.56 Å². The normalized spacial score (nSPS) is 12.7. The van der Waals surface area contributed by atoms with E-state index in [2.05, 4.69) is 4.74 Å². The smallest absolute Gasteiger partial charge is 0.480 e. The van der Waals surface area contributed by atoms with E-state index in [0.717, 1.165) is 18.2 Å². The molecule has 0 saturated carbocycles. The number of ether oxygens (including phenoxy) is 1. The van der Waals surface area contributed by atoms with Crippen LogP contribution in [0.2, 0.25) is 0 Å². The van der Waals surface area contributed by atoms with E-state index in [1.165, 1.54) is 18.2 Å². The van der Waals surface area contributed by atoms with E-state index in [1.807, 2.05) is 5.32 Å². The Labute approximate surface area is 148 Å². The van der Waals surface area contributed by atoms with Crippen molar-refractivity contribution in [2.45, 2.75) is 25.3 Å². The molecule has 0 bridgehead atoms. The monoisotopic (exact) mass is 393 g/mol. The summed E-state index contributed by atoms with van der Waals surface area (Å²) < 4.78 is 71.1. The average molecular weight is 393 g/mol. The van der Waals surface area contributed by atoms with Crippen LogP contribution in [0.15, 0.2) is 40.8 Å². The number of alkyl halides is 5. The zero-order valence-corrected chi connectivity index (χ0v) is 13.3. The number of benzene rings is 1. The molecule has 2 rings (SSSR count). The average Bonchev–Trinajstić information content (AvgIpc) is 3.02. The number of carbonyl (C=O) groups excluding carboxylic acids is 1. The van der Waals surface area contributed by atoms with E-state index in [0.29, 0.717) is 0 Å². The van der Waals surface area contributed by atoms with Crippen molar-refractivity contribution in [2.75, 3.05) is 0 Å². The molecule has 0 spiro atoms. The van der Waals surface area contributed by atoms with Crippen LogP contribution >= 0.6 is 0 Å². The van der Waals surface area contributed by atoms with Gasteiger partial charge in [0.25, 0.3) is 5.91 Å². The number of aliphatic carboxylic acids is 1. The molecule has 1 amide bonds. The number of hydrogen-bond donors (Lipinski definition) is 2. The highest BCUT2D eigenvalue weighted by atomic mass is 19.4. The number of hydrogen-bond acceptors (Lipinski definition) is 4. The first-order valence-electron chi connectivity index (χ1n) is 7.33. The van der Waals surface area contributed by atoms with Gasteiger partial charge >= 0.3 is 12.3 Å². The highest BCUT2D eigenvalue weighted by Gasteiger charge is 2.32. The fourth-order valence-corrected chi connectivity index (χ4v) is 2.12. The first-order chi connectivity index (χ1) is 12.6. The van der Waals surface area contributed by atoms with Crippen molar-refractivity contribution < 1.29 is 45.8 Å². The van der Waals surface area contributed by atoms with Gasteiger partial charge in [-0.2, -0.15) is 0 Å². The molecule has 0 saturated heterocycles. The molecule has 0 fully saturated rings. The Morgan fingerprint density at radius 2 is 1.81 bits per heavy atom. The molecule has 1 atom stereocenters. The molecule has 0 aliphatic rings. The fraction of sp³-hybridized carbons (Fsp3) is 0.250. The molecule has 1 heterocycles. The van der Waals surface area contributed by atoms with Crippen LogP contribution < -0.4 is 10.1 Å². The third kappa shape index (κ3) is 5.69. The second kappa shape index (κ2) is 8.06. The number of halogens is 5. The maximum absolute atomic E-state index is 12.5. The summed E-state index contributed by atoms with van der Waals surface area (Å²) in [5, 5.41) is 10.7. The third-order valence-corrected chi connectivity index (χ3v) is 3.23. The van der Waals surface area contributed by atoms with Gasteiger partial charge in [0.2, 0.25) is 6.43 Å². The Bertz CT molecular complexity index is 818. The van der Waals surface area contributed by atoms with Gasteiger partial charge in [-0.25, -0.2) is 13.6 Å². The zero-order valence-electron chi connectivity index (χ0n) is 13.3. The van der Waals surface area contributed by atoms with E-state index in [9.17, 15) is 31.5 Å². The molecule has 27 heavy (non-hydrogen) atoms. The van der Waals surface area contributed by atoms with E-state index < -0.39 is 48.6 Å². The third-order valence-electron chi connectivity index (χ3n) is 3.23. The molecule has 11 heteroatoms. The van der Waals surface area contributed by atoms with Crippen LogP contribution in [-0.4, -0.2) is 35.8 Å². The van der Waals surface area contributed by atoms with E-state index in [1.54, 1.807) is 0 Å². The van der Waals surface area contributed by atoms with Crippen molar-refractivity contribution in [3.05, 3.63) is 42.2 Å². The topological polar surface area (TPSA) is 88.8 Å². The summed E-state index contributed by atoms with van der Waals surface area (Å²) in [7, 11) is 0. The molecule has 6 nitrogen and oxygen atoms in total. The van der Waals surface area contributed by atoms with Gasteiger partial charge in [-0.3, -0.25) is 4.79 Å². The van der Waals surface area contributed by atoms with Crippen molar-refractivity contribution in [1.82, 2.24) is 5.32 Å². The Hall–Kier alpha value is -3.11. The largest absolute Gasteiger partial charge is 0.573 e. The van der Waals surface area contributed by atoms with Crippen LogP contribution in [0, 0.1) is 0 Å². The summed E-state index contributed by atoms with van der Waals surface area (Å²) in [5.74, 6) is -3.98. The summed E-state index contributed by atoms with van der Waals surface area (Å²) in [5.41, 5.74) is -0.115. The lowest BCUT2D eigenvalue weighted by Gasteiger charge is -2.13. The summed E-state index contributed by atoms with van der Waals surface area (Å²) in [4.78, 5) is 22.9. The number of nitrogens with one attached hydrogen (secondary N) is 1. The second-order valence-corrected chi connectivity index (χ2v) is 5.20. The maximum atomic E-state index is 12.5. The van der Waals surface area contributed by atoms with E-state index in [4.69, 9.17) is 9.52 Å². The molecule has 2 N–H and O–H groups in total. The number of carboxylic acid groups (broad SMARTS) is 1. The molecule has 1 aromatic heterocycles. The Kier molecular flexibility index (Phi) is 6.03. The first-order valence-corrected chi connectivity index (χ1v) is 7.33. The standard InChI is InChI=1S/C16H12F5NO5/c17-13(18)7-9(15(24)25)22-14(23)12-6-5-10(26-12)8-3-1-2-4-11(8)27-16(19,20)21/h1-6,9,13H,7H2,(H,22,23)(H,24,25). The second-order valence-electron chi connectivity index (χ2n) is 5.20. The van der Waals surface area contributed by atoms with Crippen molar-refractivity contribution in [3.8, 4) is 17.1 Å². The van der Waals surface area contributed by atoms with Crippen LogP contribution in [0.25, 0.3) is 11.3 Å². The lowest BCUT2D eigenvalue weighted by atomic mass is 10.1. The number of furan rings is 1. The fourth-order valence-electron chi connectivity index (χ4n) is 2.12. The van der Waals surface area contributed by atoms with Gasteiger partial charge in [-0.1, -0.05) is 12.1 Å². The minimum atomic E-state index is -4.95. The van der Waals surface area contributed by atoms with Crippen molar-refractivity contribution in [3.63, 3.8) is 0 Å². The van der Waals surface area contributed by atoms with E-state index in [-0.39, 0.29) is 11.3 Å². The summed E-state index contributed by atoms with van der Waals surface area (Å²) in [6.07, 6.45) is -9.03. The maximum Gasteiger partial charge on any atom is 0.573 e. The van der Waals surface area contributed by atoms with Crippen LogP contribution in [0.4, 0.5) is 22.0 Å². The van der Waals surface area contributed by atoms with Gasteiger partial charge < -0.3 is 19.6 Å². The number of rotatable bonds is 7. The highest BCUT2D eigenvalue weighted by Crippen LogP contribution is 2.34. The van der Waals surface area contributed by atoms with Gasteiger partial charge in [0.1, 0.15) is 17.6 Å². The van der Waals surface area contributed by atoms with Crippen molar-refractivity contribution in [1.29, 1.82) is 0 Å². The number of carboxylic acids is 1. The predicted molar refractivity (Wildman–Crippen MR) is 80.3 cm³/mol. The number of carbonyl (C=O) groups is 2. The minimum absolute atomic E-state index is 0.115. The number of amides is 1. The lowest BCUT2D eigenvalue weighted by molar-refractivity contribution is -0.274. The molecular formula is C16H12F5NO5. The molecular weight excluding hydrogens is 381 g/mol. The quantitative estimate of drug-likeness (QED) is 0.701. The first kappa shape index (κ1) is 20.2. The summed E-state index contributed by atoms with van der Waals surface area (Å²) >= 11 is 0. The zero-order chi connectivity index (χ0) is 20.2. The van der Waals surface area contributed by atoms with E-state index >= 15 is 0 Å². The van der Waals surface area contributed by atoms with Gasteiger partial charge in [0, 0.05) is 6.42 Å². The van der Waals surface area contributed by atoms with Gasteiger partial charge in [0.15, 0.2) is 5.76 Å². The Morgan fingerprint density at radius 3 is 2.41 bits per heavy atom. The number of para-hydroxylation sites is 1. The van der Waals surface area contributed by atoms with Gasteiger partial charge in [-0.15, -0.1) is 13.2 Å². The molecule has 2 aromatic rings. The lowest BCUT2D eigenvalue weighted by Crippen LogP contribution is -2.41. The van der Waals surface area contributed by atoms with Crippen LogP contribution in [0.5, 0.6) is 5.75 Å². The SMILES string of the molecule is O=C(NC(CC(F)F)C(=O)O)c1ccc(-c2ccccc2OC(F)(F)F)o1. The van der Waals surface area contributed by atoms with Crippen molar-refractivity contribution >= 4 is 11.9 Å². The molecule has 0 aliphatic heterocycles. The minimum Gasteiger partial charge on any atom is -0.480 e. The Balaban J connectivity index is 2.22. The molecule has 0 aliphatic carbocycles. The Morgan fingerprint density at radius 1 is 1.15 bits per heavy atom. The molecule has 1 aromatic carbocycles. The van der Waals surface area contributed by atoms with Crippen LogP contribution in [0.3, 0.4) is 0 Å². The molecule has 146 valence electrons. The summed E-state index contributed by atoms with van der Waals surface area (Å²) in [6, 6.07) is 5.36. The van der Waals surface area contributed by atoms with Gasteiger partial charge in [-0.05, 0) is 24.3 Å². The van der Waals surface area contributed by atoms with Crippen LogP contribution in [-0.2, 0) is 4.79 Å². The highest BCUT2D eigenvalue weighted by molar-refractivity contribution is 5.94. The van der Waals surface area contributed by atoms with Crippen LogP contribution in [0.1, 0.15) is 17.0 Å². The van der Waals surface area contributed by atoms with Crippen molar-refractivity contribution in [2.24, 2.45) is 0 Å². The molecule has 1 unspecified atom stereocenters. The molecule has 0 radical (unpaired) electrons. The summed E-state index contributed by atoms with van der Waals surface area (Å²) in [6.45, 7) is 0. The predicted octanol–water partition coefficient (Wildman–Crippen LogP) is 3.68.